The van der Waals surface area contributed by atoms with Crippen LogP contribution in [-0.2, 0) is 46.2 Å². The lowest BCUT2D eigenvalue weighted by atomic mass is 9.77. The van der Waals surface area contributed by atoms with Crippen molar-refractivity contribution in [3.8, 4) is 22.9 Å². The highest BCUT2D eigenvalue weighted by Gasteiger charge is 2.52. The zero-order valence-electron chi connectivity index (χ0n) is 46.8. The van der Waals surface area contributed by atoms with Crippen LogP contribution in [0.15, 0.2) is 54.7 Å². The van der Waals surface area contributed by atoms with Gasteiger partial charge in [0.25, 0.3) is 0 Å². The van der Waals surface area contributed by atoms with E-state index in [-0.39, 0.29) is 37.3 Å². The molecule has 2 aromatic carbocycles. The second-order valence-corrected chi connectivity index (χ2v) is 22.7. The summed E-state index contributed by atoms with van der Waals surface area (Å²) in [7, 11) is 5.49. The van der Waals surface area contributed by atoms with Crippen LogP contribution in [0, 0.1) is 29.1 Å². The summed E-state index contributed by atoms with van der Waals surface area (Å²) in [4.78, 5) is 18.7. The molecule has 0 bridgehead atoms. The van der Waals surface area contributed by atoms with Gasteiger partial charge in [0.1, 0.15) is 29.7 Å². The van der Waals surface area contributed by atoms with Crippen molar-refractivity contribution in [3.63, 3.8) is 0 Å². The lowest BCUT2D eigenvalue weighted by molar-refractivity contribution is -0.308. The average Bonchev–Trinajstić information content (AvgIpc) is 3.84. The van der Waals surface area contributed by atoms with E-state index in [1.165, 1.54) is 14.0 Å². The van der Waals surface area contributed by atoms with E-state index in [2.05, 4.69) is 28.3 Å². The number of methoxy groups -OCH3 is 1. The molecule has 75 heavy (non-hydrogen) atoms. The van der Waals surface area contributed by atoms with E-state index in [4.69, 9.17) is 38.4 Å². The molecule has 0 spiro atoms. The van der Waals surface area contributed by atoms with E-state index >= 15 is 0 Å². The fraction of sp³-hybridized carbons (Fsp3) is 0.719. The van der Waals surface area contributed by atoms with E-state index in [0.717, 1.165) is 35.4 Å². The van der Waals surface area contributed by atoms with Crippen molar-refractivity contribution in [2.24, 2.45) is 17.8 Å². The normalized spacial score (nSPS) is 36.8. The van der Waals surface area contributed by atoms with Crippen molar-refractivity contribution in [1.82, 2.24) is 24.8 Å². The summed E-state index contributed by atoms with van der Waals surface area (Å²) in [6, 6.07) is 17.1. The Labute approximate surface area is 445 Å². The van der Waals surface area contributed by atoms with Gasteiger partial charge in [-0.25, -0.2) is 0 Å². The van der Waals surface area contributed by atoms with E-state index in [0.29, 0.717) is 44.6 Å². The number of ether oxygens (including phenoxy) is 7. The molecule has 1 unspecified atom stereocenters. The number of aryl methyl sites for hydroxylation is 1. The zero-order chi connectivity index (χ0) is 55.0. The Kier molecular flexibility index (Phi) is 20.9. The van der Waals surface area contributed by atoms with Gasteiger partial charge in [-0.15, -0.1) is 5.10 Å². The van der Waals surface area contributed by atoms with Crippen molar-refractivity contribution in [1.29, 1.82) is 5.26 Å². The van der Waals surface area contributed by atoms with Crippen LogP contribution < -0.4 is 4.74 Å². The maximum absolute atomic E-state index is 14.5. The number of benzene rings is 2. The van der Waals surface area contributed by atoms with Gasteiger partial charge in [-0.3, -0.25) is 9.48 Å². The minimum atomic E-state index is -1.81. The first-order chi connectivity index (χ1) is 35.4. The number of carbonyl (C=O) groups excluding carboxylic acids is 1. The van der Waals surface area contributed by atoms with Gasteiger partial charge in [0.2, 0.25) is 0 Å². The molecule has 3 aromatic rings. The molecule has 3 saturated heterocycles. The predicted octanol–water partition coefficient (Wildman–Crippen LogP) is 6.14. The van der Waals surface area contributed by atoms with E-state index in [1.807, 2.05) is 99.1 Å². The highest BCUT2D eigenvalue weighted by Crippen LogP contribution is 2.40. The molecule has 0 amide bonds. The maximum Gasteiger partial charge on any atom is 0.311 e. The van der Waals surface area contributed by atoms with Gasteiger partial charge in [-0.2, -0.15) is 5.26 Å². The Balaban J connectivity index is 1.15. The van der Waals surface area contributed by atoms with Crippen LogP contribution in [0.25, 0.3) is 11.1 Å². The molecule has 6 rings (SSSR count). The molecular weight excluding hydrogens is 961 g/mol. The standard InChI is InChI=1S/C57H88N6O12/c1-14-47-57(10,68)51(64)39(6)62(12)33-35(2)30-55(8,67)53(37(4)50(38(5)54(66)73-47)74-49-31-56(9,69-13)52(65)40(7)72-49)75-48-29-45(28-36(3)71-48)61(11)26-24-44-34-63(60-59-44)25-15-27-70-46-22-20-43(21-23-46)42-18-16-41(32-58)17-19-42/h16-23,34-40,45,47-53,64-65,67-68H,14-15,24-31,33H2,1-13H3/t35-,36?,37+,38-,39-,40+,45+,47-,48+,49+,50+,51-,52+,53-,55-,56-,57-/m1/s1. The number of nitrogens with zero attached hydrogens (tertiary/aromatic N) is 6. The Morgan fingerprint density at radius 1 is 0.907 bits per heavy atom. The number of aliphatic hydroxyl groups is 4. The molecule has 418 valence electrons. The highest BCUT2D eigenvalue weighted by molar-refractivity contribution is 5.73. The Bertz CT molecular complexity index is 2290. The summed E-state index contributed by atoms with van der Waals surface area (Å²) in [5.74, 6) is -1.69. The molecule has 3 aliphatic rings. The second-order valence-electron chi connectivity index (χ2n) is 22.7. The van der Waals surface area contributed by atoms with Crippen LogP contribution in [0.1, 0.15) is 119 Å². The molecule has 4 heterocycles. The first-order valence-corrected chi connectivity index (χ1v) is 27.1. The van der Waals surface area contributed by atoms with Gasteiger partial charge in [-0.05, 0) is 123 Å². The van der Waals surface area contributed by atoms with Crippen molar-refractivity contribution < 1.29 is 58.4 Å². The van der Waals surface area contributed by atoms with Crippen molar-refractivity contribution in [3.05, 3.63) is 66.0 Å². The van der Waals surface area contributed by atoms with Gasteiger partial charge >= 0.3 is 5.97 Å². The Hall–Kier alpha value is -4.10. The first kappa shape index (κ1) is 60.1. The summed E-state index contributed by atoms with van der Waals surface area (Å²) >= 11 is 0. The summed E-state index contributed by atoms with van der Waals surface area (Å²) in [6.07, 6.45) is -2.46. The fourth-order valence-corrected chi connectivity index (χ4v) is 11.6. The molecule has 17 atom stereocenters. The van der Waals surface area contributed by atoms with Crippen LogP contribution in [0.2, 0.25) is 0 Å². The highest BCUT2D eigenvalue weighted by atomic mass is 16.7. The van der Waals surface area contributed by atoms with Gasteiger partial charge < -0.3 is 63.4 Å². The molecule has 4 N–H and O–H groups in total. The minimum absolute atomic E-state index is 0.0575. The molecule has 0 radical (unpaired) electrons. The van der Waals surface area contributed by atoms with Crippen LogP contribution in [-0.4, -0.2) is 176 Å². The quantitative estimate of drug-likeness (QED) is 0.0934. The molecule has 1 aromatic heterocycles. The number of esters is 1. The predicted molar refractivity (Wildman–Crippen MR) is 282 cm³/mol. The summed E-state index contributed by atoms with van der Waals surface area (Å²) < 4.78 is 46.6. The third-order valence-corrected chi connectivity index (χ3v) is 16.3. The smallest absolute Gasteiger partial charge is 0.311 e. The average molecular weight is 1050 g/mol. The van der Waals surface area contributed by atoms with E-state index in [9.17, 15) is 25.2 Å². The number of carbonyl (C=O) groups is 1. The minimum Gasteiger partial charge on any atom is -0.494 e. The van der Waals surface area contributed by atoms with Crippen molar-refractivity contribution in [2.45, 2.75) is 205 Å². The van der Waals surface area contributed by atoms with Crippen molar-refractivity contribution >= 4 is 5.97 Å². The van der Waals surface area contributed by atoms with Gasteiger partial charge in [0, 0.05) is 76.6 Å². The van der Waals surface area contributed by atoms with Crippen LogP contribution in [0.4, 0.5) is 0 Å². The first-order valence-electron chi connectivity index (χ1n) is 27.1. The molecular formula is C57H88N6O12. The number of likely N-dealkylation sites (N-methyl/N-ethyl adjacent to an activating group) is 2. The zero-order valence-corrected chi connectivity index (χ0v) is 46.8. The number of cyclic esters (lactones) is 1. The molecule has 3 aliphatic heterocycles. The number of aromatic nitrogens is 3. The Morgan fingerprint density at radius 2 is 1.57 bits per heavy atom. The van der Waals surface area contributed by atoms with Crippen LogP contribution >= 0.6 is 0 Å². The largest absolute Gasteiger partial charge is 0.494 e. The topological polar surface area (TPSA) is 224 Å². The van der Waals surface area contributed by atoms with Gasteiger partial charge in [0.05, 0.1) is 65.5 Å². The monoisotopic (exact) mass is 1050 g/mol. The maximum atomic E-state index is 14.5. The molecule has 0 aliphatic carbocycles. The summed E-state index contributed by atoms with van der Waals surface area (Å²) in [5.41, 5.74) is -0.748. The number of rotatable bonds is 16. The number of hydrogen-bond acceptors (Lipinski definition) is 17. The number of hydrogen-bond donors (Lipinski definition) is 4. The molecule has 3 fully saturated rings. The van der Waals surface area contributed by atoms with Gasteiger partial charge in [0.15, 0.2) is 12.6 Å². The SMILES string of the molecule is CC[C@H]1OC(=O)[C@H](C)[C@@H](O[C@H]2C[C@@](C)(OC)[C@@H](O)[C@H](C)O2)[C@H](C)[C@@H](O[C@H]2C[C@@H](N(C)CCc3cn(CCCOc4ccc(-c5ccc(C#N)cc5)cc4)nn3)CC(C)O2)[C@](C)(O)C[C@@H](C)CN(C)[C@H](C)[C@@H](O)[C@]1(C)O. The third kappa shape index (κ3) is 15.1. The fourth-order valence-electron chi connectivity index (χ4n) is 11.6. The molecule has 18 heteroatoms. The third-order valence-electron chi connectivity index (χ3n) is 16.3. The number of aliphatic hydroxyl groups excluding tert-OH is 2. The van der Waals surface area contributed by atoms with E-state index < -0.39 is 89.9 Å². The van der Waals surface area contributed by atoms with Crippen LogP contribution in [0.3, 0.4) is 0 Å². The number of nitriles is 1. The van der Waals surface area contributed by atoms with E-state index in [1.54, 1.807) is 34.6 Å². The van der Waals surface area contributed by atoms with Crippen molar-refractivity contribution in [2.75, 3.05) is 40.9 Å². The van der Waals surface area contributed by atoms with Gasteiger partial charge in [-0.1, -0.05) is 50.3 Å². The van der Waals surface area contributed by atoms with Crippen LogP contribution in [0.5, 0.6) is 5.75 Å². The lowest BCUT2D eigenvalue weighted by Gasteiger charge is -2.48. The molecule has 0 saturated carbocycles. The molecule has 18 nitrogen and oxygen atoms in total. The second kappa shape index (κ2) is 26.0. The Morgan fingerprint density at radius 3 is 2.21 bits per heavy atom. The summed E-state index contributed by atoms with van der Waals surface area (Å²) in [5, 5.41) is 65.5. The lowest BCUT2D eigenvalue weighted by Crippen LogP contribution is -2.59. The summed E-state index contributed by atoms with van der Waals surface area (Å²) in [6.45, 7) is 20.4.